The molecule has 428 valence electrons. The standard InChI is InChI=1S/C68H127NO4/c1-3-5-7-9-11-13-15-17-19-21-23-25-26-27-28-29-30-31-32-33-34-35-36-37-38-39-40-41-43-45-47-49-51-53-55-57-59-61-63-67(72)68(73)69-65(64-70)66(71)62-60-58-56-54-52-50-48-46-44-42-24-22-20-18-16-14-12-10-8-6-4-2/h30-31,33-34,44,46,52,54,60,62,65-67,70-72H,3-29,32,35-43,45,47-51,53,55-59,61,63-64H2,1-2H3,(H,69,73)/b31-30-,34-33-,46-44+,54-52+,62-60+. The van der Waals surface area contributed by atoms with Gasteiger partial charge in [-0.15, -0.1) is 0 Å². The summed E-state index contributed by atoms with van der Waals surface area (Å²) in [5, 5.41) is 33.4. The maximum absolute atomic E-state index is 12.6. The molecule has 1 amide bonds. The van der Waals surface area contributed by atoms with Gasteiger partial charge in [-0.25, -0.2) is 0 Å². The lowest BCUT2D eigenvalue weighted by atomic mass is 10.0. The number of allylic oxidation sites excluding steroid dienone is 9. The third kappa shape index (κ3) is 57.6. The van der Waals surface area contributed by atoms with E-state index < -0.39 is 24.2 Å². The predicted molar refractivity (Wildman–Crippen MR) is 324 cm³/mol. The Morgan fingerprint density at radius 3 is 0.918 bits per heavy atom. The Morgan fingerprint density at radius 1 is 0.342 bits per heavy atom. The van der Waals surface area contributed by atoms with Gasteiger partial charge in [0.2, 0.25) is 5.91 Å². The first-order valence-electron chi connectivity index (χ1n) is 32.6. The van der Waals surface area contributed by atoms with Crippen LogP contribution in [0.15, 0.2) is 60.8 Å². The van der Waals surface area contributed by atoms with Crippen molar-refractivity contribution in [2.75, 3.05) is 6.61 Å². The monoisotopic (exact) mass is 1020 g/mol. The number of aliphatic hydroxyl groups excluding tert-OH is 3. The number of rotatable bonds is 60. The Morgan fingerprint density at radius 2 is 0.603 bits per heavy atom. The van der Waals surface area contributed by atoms with Gasteiger partial charge in [0.1, 0.15) is 6.10 Å². The molecule has 0 saturated carbocycles. The van der Waals surface area contributed by atoms with Gasteiger partial charge in [0, 0.05) is 0 Å². The molecule has 0 aliphatic heterocycles. The molecule has 4 N–H and O–H groups in total. The molecule has 0 rings (SSSR count). The van der Waals surface area contributed by atoms with Crippen molar-refractivity contribution in [3.63, 3.8) is 0 Å². The first kappa shape index (κ1) is 71.0. The van der Waals surface area contributed by atoms with Gasteiger partial charge in [0.15, 0.2) is 0 Å². The molecule has 73 heavy (non-hydrogen) atoms. The topological polar surface area (TPSA) is 89.8 Å². The minimum Gasteiger partial charge on any atom is -0.394 e. The van der Waals surface area contributed by atoms with Gasteiger partial charge in [-0.1, -0.05) is 325 Å². The van der Waals surface area contributed by atoms with Crippen LogP contribution in [-0.4, -0.2) is 46.1 Å². The Balaban J connectivity index is 3.55. The van der Waals surface area contributed by atoms with Crippen LogP contribution in [0.3, 0.4) is 0 Å². The molecular weight excluding hydrogens is 895 g/mol. The number of nitrogens with one attached hydrogen (secondary N) is 1. The molecule has 3 atom stereocenters. The molecule has 0 aromatic rings. The van der Waals surface area contributed by atoms with E-state index in [1.54, 1.807) is 6.08 Å². The molecule has 0 bridgehead atoms. The molecule has 0 aromatic carbocycles. The molecule has 0 saturated heterocycles. The van der Waals surface area contributed by atoms with Crippen molar-refractivity contribution in [1.82, 2.24) is 5.32 Å². The summed E-state index contributed by atoms with van der Waals surface area (Å²) in [6, 6.07) is -0.824. The minimum absolute atomic E-state index is 0.382. The van der Waals surface area contributed by atoms with E-state index in [9.17, 15) is 20.1 Å². The molecule has 0 aliphatic carbocycles. The summed E-state index contributed by atoms with van der Waals surface area (Å²) < 4.78 is 0. The number of unbranched alkanes of at least 4 members (excludes halogenated alkanes) is 44. The van der Waals surface area contributed by atoms with Gasteiger partial charge < -0.3 is 20.6 Å². The second-order valence-corrected chi connectivity index (χ2v) is 22.3. The lowest BCUT2D eigenvalue weighted by Crippen LogP contribution is -2.48. The van der Waals surface area contributed by atoms with E-state index in [1.807, 2.05) is 6.08 Å². The van der Waals surface area contributed by atoms with Gasteiger partial charge in [0.25, 0.3) is 0 Å². The SMILES string of the molecule is CCCCCCCCCCCCC/C=C/CC/C=C/CC/C=C/C(O)C(CO)NC(=O)C(O)CCCCCCCCCCCCCCCCCC/C=C\C/C=C\CCCCCCCCCCCCCCCCC. The van der Waals surface area contributed by atoms with Gasteiger partial charge in [0.05, 0.1) is 18.8 Å². The number of aliphatic hydroxyl groups is 3. The number of carbonyl (C=O) groups excluding carboxylic acids is 1. The van der Waals surface area contributed by atoms with Crippen LogP contribution in [0.2, 0.25) is 0 Å². The third-order valence-electron chi connectivity index (χ3n) is 15.1. The highest BCUT2D eigenvalue weighted by atomic mass is 16.3. The smallest absolute Gasteiger partial charge is 0.249 e. The van der Waals surface area contributed by atoms with Crippen molar-refractivity contribution < 1.29 is 20.1 Å². The lowest BCUT2D eigenvalue weighted by Gasteiger charge is -2.21. The Hall–Kier alpha value is -1.95. The van der Waals surface area contributed by atoms with Crippen LogP contribution in [0.25, 0.3) is 0 Å². The highest BCUT2D eigenvalue weighted by Gasteiger charge is 2.22. The summed E-state index contributed by atoms with van der Waals surface area (Å²) >= 11 is 0. The molecule has 0 fully saturated rings. The maximum atomic E-state index is 12.6. The normalized spacial score (nSPS) is 13.5. The Kier molecular flexibility index (Phi) is 60.9. The predicted octanol–water partition coefficient (Wildman–Crippen LogP) is 20.9. The molecular formula is C68H127NO4. The number of amides is 1. The summed E-state index contributed by atoms with van der Waals surface area (Å²) in [7, 11) is 0. The van der Waals surface area contributed by atoms with E-state index in [4.69, 9.17) is 0 Å². The zero-order valence-corrected chi connectivity index (χ0v) is 49.0. The van der Waals surface area contributed by atoms with Crippen LogP contribution in [0, 0.1) is 0 Å². The highest BCUT2D eigenvalue weighted by Crippen LogP contribution is 2.18. The molecule has 5 nitrogen and oxygen atoms in total. The summed E-state index contributed by atoms with van der Waals surface area (Å²) in [4.78, 5) is 12.6. The zero-order chi connectivity index (χ0) is 52.9. The summed E-state index contributed by atoms with van der Waals surface area (Å²) in [5.74, 6) is -0.514. The van der Waals surface area contributed by atoms with Gasteiger partial charge in [-0.05, 0) is 77.0 Å². The van der Waals surface area contributed by atoms with E-state index in [-0.39, 0.29) is 6.61 Å². The molecule has 0 aromatic heterocycles. The Bertz CT molecular complexity index is 1220. The fraction of sp³-hybridized carbons (Fsp3) is 0.838. The van der Waals surface area contributed by atoms with Crippen LogP contribution in [0.5, 0.6) is 0 Å². The zero-order valence-electron chi connectivity index (χ0n) is 49.0. The second-order valence-electron chi connectivity index (χ2n) is 22.3. The first-order valence-corrected chi connectivity index (χ1v) is 32.6. The molecule has 0 aliphatic rings. The van der Waals surface area contributed by atoms with E-state index in [0.29, 0.717) is 6.42 Å². The Labute approximate surface area is 456 Å². The van der Waals surface area contributed by atoms with E-state index >= 15 is 0 Å². The van der Waals surface area contributed by atoms with Crippen LogP contribution in [0.4, 0.5) is 0 Å². The fourth-order valence-electron chi connectivity index (χ4n) is 10.0. The molecule has 5 heteroatoms. The number of carbonyl (C=O) groups is 1. The molecule has 0 heterocycles. The van der Waals surface area contributed by atoms with Gasteiger partial charge in [-0.2, -0.15) is 0 Å². The average molecular weight is 1020 g/mol. The van der Waals surface area contributed by atoms with Crippen molar-refractivity contribution in [2.24, 2.45) is 0 Å². The summed E-state index contributed by atoms with van der Waals surface area (Å²) in [5.41, 5.74) is 0. The average Bonchev–Trinajstić information content (AvgIpc) is 3.40. The van der Waals surface area contributed by atoms with Crippen molar-refractivity contribution in [2.45, 2.75) is 360 Å². The van der Waals surface area contributed by atoms with Crippen molar-refractivity contribution in [3.05, 3.63) is 60.8 Å². The van der Waals surface area contributed by atoms with Crippen LogP contribution < -0.4 is 5.32 Å². The van der Waals surface area contributed by atoms with Gasteiger partial charge >= 0.3 is 0 Å². The molecule has 3 unspecified atom stereocenters. The van der Waals surface area contributed by atoms with Crippen LogP contribution in [0.1, 0.15) is 341 Å². The highest BCUT2D eigenvalue weighted by molar-refractivity contribution is 5.80. The van der Waals surface area contributed by atoms with E-state index in [1.165, 1.54) is 270 Å². The van der Waals surface area contributed by atoms with Crippen LogP contribution in [-0.2, 0) is 4.79 Å². The number of hydrogen-bond acceptors (Lipinski definition) is 4. The van der Waals surface area contributed by atoms with Crippen molar-refractivity contribution >= 4 is 5.91 Å². The van der Waals surface area contributed by atoms with Crippen LogP contribution >= 0.6 is 0 Å². The maximum Gasteiger partial charge on any atom is 0.249 e. The minimum atomic E-state index is -1.11. The fourth-order valence-corrected chi connectivity index (χ4v) is 10.0. The van der Waals surface area contributed by atoms with E-state index in [0.717, 1.165) is 51.4 Å². The van der Waals surface area contributed by atoms with Crippen molar-refractivity contribution in [3.8, 4) is 0 Å². The second kappa shape index (κ2) is 62.6. The van der Waals surface area contributed by atoms with Gasteiger partial charge in [-0.3, -0.25) is 4.79 Å². The van der Waals surface area contributed by atoms with E-state index in [2.05, 4.69) is 67.8 Å². The quantitative estimate of drug-likeness (QED) is 0.0361. The summed E-state index contributed by atoms with van der Waals surface area (Å²) in [6.07, 6.45) is 86.3. The lowest BCUT2D eigenvalue weighted by molar-refractivity contribution is -0.131. The molecule has 0 spiro atoms. The largest absolute Gasteiger partial charge is 0.394 e. The third-order valence-corrected chi connectivity index (χ3v) is 15.1. The number of hydrogen-bond donors (Lipinski definition) is 4. The molecule has 0 radical (unpaired) electrons. The first-order chi connectivity index (χ1) is 36.1. The van der Waals surface area contributed by atoms with Crippen molar-refractivity contribution in [1.29, 1.82) is 0 Å². The summed E-state index contributed by atoms with van der Waals surface area (Å²) in [6.45, 7) is 4.20.